The van der Waals surface area contributed by atoms with Gasteiger partial charge in [-0.2, -0.15) is 0 Å². The molecule has 3 rings (SSSR count). The molecule has 1 aromatic heterocycles. The second-order valence-electron chi connectivity index (χ2n) is 7.22. The van der Waals surface area contributed by atoms with Crippen LogP contribution in [0.4, 0.5) is 10.1 Å². The lowest BCUT2D eigenvalue weighted by Crippen LogP contribution is -2.51. The van der Waals surface area contributed by atoms with Crippen LogP contribution in [-0.4, -0.2) is 41.8 Å². The molecule has 9 heteroatoms. The fraction of sp³-hybridized carbons (Fsp3) is 0.300. The van der Waals surface area contributed by atoms with Crippen LogP contribution in [-0.2, 0) is 4.79 Å². The molecule has 1 aliphatic heterocycles. The SMILES string of the molecule is COc1cccnc1C(=O)Nc1ccc(F)c(C2N=C(N)N(C)C(=O)C2(C)C)c1. The van der Waals surface area contributed by atoms with E-state index in [1.807, 2.05) is 0 Å². The van der Waals surface area contributed by atoms with Crippen LogP contribution < -0.4 is 15.8 Å². The number of anilines is 1. The lowest BCUT2D eigenvalue weighted by Gasteiger charge is -2.38. The van der Waals surface area contributed by atoms with Crippen molar-refractivity contribution >= 4 is 23.5 Å². The van der Waals surface area contributed by atoms with E-state index < -0.39 is 23.2 Å². The molecule has 0 aliphatic carbocycles. The Hall–Kier alpha value is -3.49. The number of guanidine groups is 1. The van der Waals surface area contributed by atoms with Gasteiger partial charge in [0.05, 0.1) is 18.6 Å². The Morgan fingerprint density at radius 2 is 2.07 bits per heavy atom. The molecule has 1 aliphatic rings. The number of aromatic nitrogens is 1. The number of carbonyl (C=O) groups excluding carboxylic acids is 2. The lowest BCUT2D eigenvalue weighted by molar-refractivity contribution is -0.137. The van der Waals surface area contributed by atoms with Gasteiger partial charge in [0.25, 0.3) is 5.91 Å². The first-order valence-corrected chi connectivity index (χ1v) is 8.88. The Labute approximate surface area is 167 Å². The zero-order valence-electron chi connectivity index (χ0n) is 16.6. The van der Waals surface area contributed by atoms with Crippen LogP contribution in [0.1, 0.15) is 35.9 Å². The Kier molecular flexibility index (Phi) is 5.23. The molecule has 1 unspecified atom stereocenters. The molecule has 1 aromatic carbocycles. The van der Waals surface area contributed by atoms with E-state index >= 15 is 0 Å². The van der Waals surface area contributed by atoms with Gasteiger partial charge in [-0.3, -0.25) is 14.5 Å². The van der Waals surface area contributed by atoms with Gasteiger partial charge in [-0.05, 0) is 44.2 Å². The van der Waals surface area contributed by atoms with Crippen LogP contribution in [0.15, 0.2) is 41.5 Å². The summed E-state index contributed by atoms with van der Waals surface area (Å²) in [5.41, 5.74) is 5.39. The standard InChI is InChI=1S/C20H22FN5O3/c1-20(2)16(25-19(22)26(3)18(20)28)12-10-11(7-8-13(12)21)24-17(27)15-14(29-4)6-5-9-23-15/h5-10,16H,1-4H3,(H2,22,25)(H,24,27). The summed E-state index contributed by atoms with van der Waals surface area (Å²) in [4.78, 5) is 34.8. The number of halogens is 1. The molecule has 0 bridgehead atoms. The zero-order valence-corrected chi connectivity index (χ0v) is 16.6. The normalized spacial score (nSPS) is 18.2. The molecule has 0 saturated carbocycles. The van der Waals surface area contributed by atoms with Gasteiger partial charge in [0.2, 0.25) is 5.91 Å². The molecule has 0 radical (unpaired) electrons. The summed E-state index contributed by atoms with van der Waals surface area (Å²) in [6.07, 6.45) is 1.47. The second-order valence-corrected chi connectivity index (χ2v) is 7.22. The van der Waals surface area contributed by atoms with Crippen LogP contribution in [0.2, 0.25) is 0 Å². The molecule has 2 heterocycles. The molecule has 1 atom stereocenters. The van der Waals surface area contributed by atoms with E-state index in [4.69, 9.17) is 10.5 Å². The molecule has 3 N–H and O–H groups in total. The summed E-state index contributed by atoms with van der Waals surface area (Å²) in [5.74, 6) is -1.02. The summed E-state index contributed by atoms with van der Waals surface area (Å²) in [5, 5.41) is 2.68. The van der Waals surface area contributed by atoms with Gasteiger partial charge < -0.3 is 15.8 Å². The third-order valence-corrected chi connectivity index (χ3v) is 4.90. The van der Waals surface area contributed by atoms with E-state index in [0.717, 1.165) is 0 Å². The first-order chi connectivity index (χ1) is 13.7. The van der Waals surface area contributed by atoms with Crippen molar-refractivity contribution in [1.29, 1.82) is 0 Å². The van der Waals surface area contributed by atoms with Gasteiger partial charge in [0.1, 0.15) is 11.6 Å². The molecule has 0 fully saturated rings. The number of pyridine rings is 1. The largest absolute Gasteiger partial charge is 0.494 e. The fourth-order valence-corrected chi connectivity index (χ4v) is 3.24. The first-order valence-electron chi connectivity index (χ1n) is 8.88. The van der Waals surface area contributed by atoms with Crippen molar-refractivity contribution in [2.24, 2.45) is 16.1 Å². The number of nitrogens with one attached hydrogen (secondary N) is 1. The van der Waals surface area contributed by atoms with E-state index in [9.17, 15) is 14.0 Å². The number of hydrogen-bond donors (Lipinski definition) is 2. The maximum atomic E-state index is 14.6. The number of nitrogens with two attached hydrogens (primary N) is 1. The first kappa shape index (κ1) is 20.2. The number of nitrogens with zero attached hydrogens (tertiary/aromatic N) is 3. The molecule has 2 aromatic rings. The highest BCUT2D eigenvalue weighted by molar-refractivity contribution is 6.05. The van der Waals surface area contributed by atoms with Gasteiger partial charge >= 0.3 is 0 Å². The molecule has 8 nitrogen and oxygen atoms in total. The molecule has 29 heavy (non-hydrogen) atoms. The van der Waals surface area contributed by atoms with Gasteiger partial charge in [-0.25, -0.2) is 14.4 Å². The molecular weight excluding hydrogens is 377 g/mol. The Bertz CT molecular complexity index is 1010. The van der Waals surface area contributed by atoms with E-state index in [-0.39, 0.29) is 23.1 Å². The van der Waals surface area contributed by atoms with Crippen molar-refractivity contribution < 1.29 is 18.7 Å². The summed E-state index contributed by atoms with van der Waals surface area (Å²) in [6, 6.07) is 6.50. The van der Waals surface area contributed by atoms with Crippen molar-refractivity contribution in [3.8, 4) is 5.75 Å². The highest BCUT2D eigenvalue weighted by Crippen LogP contribution is 2.42. The smallest absolute Gasteiger partial charge is 0.278 e. The topological polar surface area (TPSA) is 110 Å². The molecule has 0 saturated heterocycles. The number of carbonyl (C=O) groups is 2. The predicted molar refractivity (Wildman–Crippen MR) is 106 cm³/mol. The van der Waals surface area contributed by atoms with Crippen LogP contribution in [0.5, 0.6) is 5.75 Å². The van der Waals surface area contributed by atoms with E-state index in [0.29, 0.717) is 11.4 Å². The summed E-state index contributed by atoms with van der Waals surface area (Å²) >= 11 is 0. The fourth-order valence-electron chi connectivity index (χ4n) is 3.24. The number of methoxy groups -OCH3 is 1. The van der Waals surface area contributed by atoms with Gasteiger partial charge in [-0.1, -0.05) is 0 Å². The summed E-state index contributed by atoms with van der Waals surface area (Å²) in [7, 11) is 2.96. The predicted octanol–water partition coefficient (Wildman–Crippen LogP) is 2.34. The van der Waals surface area contributed by atoms with Gasteiger partial charge in [-0.15, -0.1) is 0 Å². The number of amides is 2. The molecule has 152 valence electrons. The minimum Gasteiger partial charge on any atom is -0.494 e. The minimum absolute atomic E-state index is 0.00591. The van der Waals surface area contributed by atoms with Gasteiger partial charge in [0, 0.05) is 24.5 Å². The van der Waals surface area contributed by atoms with E-state index in [1.165, 1.54) is 43.5 Å². The minimum atomic E-state index is -1.02. The lowest BCUT2D eigenvalue weighted by atomic mass is 9.78. The maximum absolute atomic E-state index is 14.6. The van der Waals surface area contributed by atoms with Crippen molar-refractivity contribution in [2.45, 2.75) is 19.9 Å². The Morgan fingerprint density at radius 1 is 1.34 bits per heavy atom. The quantitative estimate of drug-likeness (QED) is 0.820. The van der Waals surface area contributed by atoms with Crippen molar-refractivity contribution in [1.82, 2.24) is 9.88 Å². The zero-order chi connectivity index (χ0) is 21.3. The average molecular weight is 399 g/mol. The average Bonchev–Trinajstić information content (AvgIpc) is 2.71. The highest BCUT2D eigenvalue weighted by atomic mass is 19.1. The maximum Gasteiger partial charge on any atom is 0.278 e. The second kappa shape index (κ2) is 7.50. The van der Waals surface area contributed by atoms with Crippen LogP contribution in [0.3, 0.4) is 0 Å². The molecule has 2 amide bonds. The van der Waals surface area contributed by atoms with Gasteiger partial charge in [0.15, 0.2) is 11.7 Å². The van der Waals surface area contributed by atoms with Crippen LogP contribution >= 0.6 is 0 Å². The third kappa shape index (κ3) is 3.63. The van der Waals surface area contributed by atoms with E-state index in [2.05, 4.69) is 15.3 Å². The summed E-state index contributed by atoms with van der Waals surface area (Å²) in [6.45, 7) is 3.35. The van der Waals surface area contributed by atoms with Crippen LogP contribution in [0.25, 0.3) is 0 Å². The summed E-state index contributed by atoms with van der Waals surface area (Å²) < 4.78 is 19.8. The Balaban J connectivity index is 1.97. The van der Waals surface area contributed by atoms with Crippen molar-refractivity contribution in [2.75, 3.05) is 19.5 Å². The van der Waals surface area contributed by atoms with Crippen molar-refractivity contribution in [3.05, 3.63) is 53.6 Å². The Morgan fingerprint density at radius 3 is 2.76 bits per heavy atom. The number of hydrogen-bond acceptors (Lipinski definition) is 6. The third-order valence-electron chi connectivity index (χ3n) is 4.90. The number of rotatable bonds is 4. The number of ether oxygens (including phenoxy) is 1. The highest BCUT2D eigenvalue weighted by Gasteiger charge is 2.45. The molecule has 0 spiro atoms. The van der Waals surface area contributed by atoms with E-state index in [1.54, 1.807) is 26.0 Å². The number of aliphatic imine (C=N–C) groups is 1. The van der Waals surface area contributed by atoms with Crippen molar-refractivity contribution in [3.63, 3.8) is 0 Å². The van der Waals surface area contributed by atoms with Crippen LogP contribution in [0, 0.1) is 11.2 Å². The molecular formula is C20H22FN5O3. The number of benzene rings is 1. The monoisotopic (exact) mass is 399 g/mol.